The Morgan fingerprint density at radius 1 is 1.30 bits per heavy atom. The molecule has 1 unspecified atom stereocenters. The van der Waals surface area contributed by atoms with Gasteiger partial charge >= 0.3 is 6.03 Å². The number of amides is 2. The molecule has 2 rings (SSSR count). The molecule has 0 saturated heterocycles. The molecule has 23 heavy (non-hydrogen) atoms. The first kappa shape index (κ1) is 16.8. The summed E-state index contributed by atoms with van der Waals surface area (Å²) < 4.78 is 18.7. The molecule has 0 saturated carbocycles. The molecule has 0 aliphatic heterocycles. The van der Waals surface area contributed by atoms with E-state index in [9.17, 15) is 14.3 Å². The molecule has 0 bridgehead atoms. The second-order valence-corrected chi connectivity index (χ2v) is 5.11. The average Bonchev–Trinajstić information content (AvgIpc) is 2.56. The van der Waals surface area contributed by atoms with Crippen LogP contribution in [0.4, 0.5) is 14.9 Å². The van der Waals surface area contributed by atoms with Crippen molar-refractivity contribution >= 4 is 11.7 Å². The minimum absolute atomic E-state index is 0.00750. The fourth-order valence-corrected chi connectivity index (χ4v) is 2.06. The van der Waals surface area contributed by atoms with Crippen LogP contribution in [0.1, 0.15) is 17.2 Å². The van der Waals surface area contributed by atoms with Gasteiger partial charge in [-0.15, -0.1) is 0 Å². The van der Waals surface area contributed by atoms with E-state index in [0.29, 0.717) is 11.3 Å². The molecular weight excluding hydrogens is 299 g/mol. The molecule has 3 N–H and O–H groups in total. The second kappa shape index (κ2) is 7.60. The Hall–Kier alpha value is -2.60. The molecule has 122 valence electrons. The van der Waals surface area contributed by atoms with Crippen LogP contribution in [0.3, 0.4) is 0 Å². The van der Waals surface area contributed by atoms with Gasteiger partial charge in [-0.05, 0) is 42.3 Å². The van der Waals surface area contributed by atoms with Gasteiger partial charge in [-0.2, -0.15) is 0 Å². The summed E-state index contributed by atoms with van der Waals surface area (Å²) in [5, 5.41) is 15.0. The molecule has 5 nitrogen and oxygen atoms in total. The number of aliphatic hydroxyl groups excluding tert-OH is 1. The molecule has 0 aliphatic rings. The van der Waals surface area contributed by atoms with E-state index in [-0.39, 0.29) is 12.2 Å². The van der Waals surface area contributed by atoms with Crippen LogP contribution >= 0.6 is 0 Å². The van der Waals surface area contributed by atoms with Crippen LogP contribution in [-0.2, 0) is 0 Å². The Labute approximate surface area is 134 Å². The minimum Gasteiger partial charge on any atom is -0.497 e. The van der Waals surface area contributed by atoms with E-state index in [1.54, 1.807) is 37.3 Å². The van der Waals surface area contributed by atoms with Crippen LogP contribution in [0.15, 0.2) is 42.5 Å². The summed E-state index contributed by atoms with van der Waals surface area (Å²) >= 11 is 0. The van der Waals surface area contributed by atoms with Gasteiger partial charge in [-0.3, -0.25) is 0 Å². The quantitative estimate of drug-likeness (QED) is 0.793. The van der Waals surface area contributed by atoms with Crippen LogP contribution in [0.25, 0.3) is 0 Å². The van der Waals surface area contributed by atoms with E-state index in [1.807, 2.05) is 0 Å². The lowest BCUT2D eigenvalue weighted by Gasteiger charge is -2.14. The number of rotatable bonds is 5. The highest BCUT2D eigenvalue weighted by atomic mass is 19.1. The smallest absolute Gasteiger partial charge is 0.319 e. The molecule has 0 fully saturated rings. The summed E-state index contributed by atoms with van der Waals surface area (Å²) in [6.45, 7) is 1.79. The van der Waals surface area contributed by atoms with Gasteiger partial charge in [0, 0.05) is 6.54 Å². The summed E-state index contributed by atoms with van der Waals surface area (Å²) in [5.74, 6) is 0.104. The molecule has 0 aromatic heterocycles. The first-order valence-electron chi connectivity index (χ1n) is 7.12. The van der Waals surface area contributed by atoms with Crippen LogP contribution in [0.2, 0.25) is 0 Å². The van der Waals surface area contributed by atoms with E-state index in [0.717, 1.165) is 5.56 Å². The number of hydrogen-bond acceptors (Lipinski definition) is 3. The lowest BCUT2D eigenvalue weighted by atomic mass is 10.1. The summed E-state index contributed by atoms with van der Waals surface area (Å²) in [4.78, 5) is 11.8. The number of aliphatic hydroxyl groups is 1. The number of ether oxygens (including phenoxy) is 1. The van der Waals surface area contributed by atoms with Crippen LogP contribution in [0.5, 0.6) is 5.75 Å². The summed E-state index contributed by atoms with van der Waals surface area (Å²) in [6, 6.07) is 10.8. The van der Waals surface area contributed by atoms with Gasteiger partial charge in [0.1, 0.15) is 11.6 Å². The normalized spacial score (nSPS) is 11.7. The molecule has 0 spiro atoms. The van der Waals surface area contributed by atoms with Crippen molar-refractivity contribution in [3.8, 4) is 5.75 Å². The predicted octanol–water partition coefficient (Wildman–Crippen LogP) is 3.00. The van der Waals surface area contributed by atoms with Crippen molar-refractivity contribution in [3.05, 3.63) is 59.4 Å². The number of aryl methyl sites for hydroxylation is 1. The average molecular weight is 318 g/mol. The Morgan fingerprint density at radius 2 is 2.09 bits per heavy atom. The van der Waals surface area contributed by atoms with Crippen LogP contribution < -0.4 is 15.4 Å². The summed E-state index contributed by atoms with van der Waals surface area (Å²) in [6.07, 6.45) is -0.891. The monoisotopic (exact) mass is 318 g/mol. The number of halogens is 1. The minimum atomic E-state index is -0.891. The Kier molecular flexibility index (Phi) is 5.54. The van der Waals surface area contributed by atoms with Crippen LogP contribution in [-0.4, -0.2) is 24.8 Å². The first-order chi connectivity index (χ1) is 11.0. The molecule has 2 aromatic carbocycles. The number of anilines is 1. The zero-order chi connectivity index (χ0) is 16.8. The number of carbonyl (C=O) groups is 1. The third kappa shape index (κ3) is 4.69. The Bertz CT molecular complexity index is 691. The number of nitrogens with one attached hydrogen (secondary N) is 2. The molecule has 0 heterocycles. The zero-order valence-electron chi connectivity index (χ0n) is 13.0. The number of methoxy groups -OCH3 is 1. The van der Waals surface area contributed by atoms with Gasteiger partial charge < -0.3 is 20.5 Å². The first-order valence-corrected chi connectivity index (χ1v) is 7.12. The topological polar surface area (TPSA) is 70.6 Å². The maximum absolute atomic E-state index is 13.6. The van der Waals surface area contributed by atoms with Crippen molar-refractivity contribution in [1.29, 1.82) is 0 Å². The third-order valence-electron chi connectivity index (χ3n) is 3.30. The van der Waals surface area contributed by atoms with Crippen LogP contribution in [0, 0.1) is 12.7 Å². The number of carbonyl (C=O) groups excluding carboxylic acids is 1. The molecule has 2 amide bonds. The lowest BCUT2D eigenvalue weighted by Crippen LogP contribution is -2.32. The fourth-order valence-electron chi connectivity index (χ4n) is 2.06. The van der Waals surface area contributed by atoms with Gasteiger partial charge in [0.25, 0.3) is 0 Å². The molecule has 2 aromatic rings. The zero-order valence-corrected chi connectivity index (χ0v) is 13.0. The van der Waals surface area contributed by atoms with Crippen molar-refractivity contribution in [2.75, 3.05) is 19.0 Å². The van der Waals surface area contributed by atoms with E-state index in [2.05, 4.69) is 10.6 Å². The van der Waals surface area contributed by atoms with E-state index >= 15 is 0 Å². The van der Waals surface area contributed by atoms with Crippen molar-refractivity contribution in [2.45, 2.75) is 13.0 Å². The molecule has 0 aliphatic carbocycles. The predicted molar refractivity (Wildman–Crippen MR) is 86.1 cm³/mol. The molecular formula is C17H19FN2O3. The van der Waals surface area contributed by atoms with E-state index < -0.39 is 18.0 Å². The summed E-state index contributed by atoms with van der Waals surface area (Å²) in [5.41, 5.74) is 1.54. The van der Waals surface area contributed by atoms with Gasteiger partial charge in [-0.1, -0.05) is 18.2 Å². The van der Waals surface area contributed by atoms with Crippen molar-refractivity contribution in [1.82, 2.24) is 5.32 Å². The highest BCUT2D eigenvalue weighted by Crippen LogP contribution is 2.19. The van der Waals surface area contributed by atoms with E-state index in [1.165, 1.54) is 19.2 Å². The van der Waals surface area contributed by atoms with Gasteiger partial charge in [0.05, 0.1) is 18.9 Å². The van der Waals surface area contributed by atoms with Crippen molar-refractivity contribution in [2.24, 2.45) is 0 Å². The van der Waals surface area contributed by atoms with Gasteiger partial charge in [0.15, 0.2) is 0 Å². The number of hydrogen-bond donors (Lipinski definition) is 3. The Balaban J connectivity index is 1.92. The lowest BCUT2D eigenvalue weighted by molar-refractivity contribution is 0.174. The van der Waals surface area contributed by atoms with Gasteiger partial charge in [0.2, 0.25) is 0 Å². The van der Waals surface area contributed by atoms with Crippen molar-refractivity contribution in [3.63, 3.8) is 0 Å². The maximum atomic E-state index is 13.6. The molecule has 1 atom stereocenters. The second-order valence-electron chi connectivity index (χ2n) is 5.11. The SMILES string of the molecule is COc1cccc(C(O)CNC(=O)Nc2cc(C)ccc2F)c1. The molecule has 0 radical (unpaired) electrons. The highest BCUT2D eigenvalue weighted by molar-refractivity contribution is 5.89. The number of benzene rings is 2. The largest absolute Gasteiger partial charge is 0.497 e. The van der Waals surface area contributed by atoms with Crippen molar-refractivity contribution < 1.29 is 19.0 Å². The van der Waals surface area contributed by atoms with E-state index in [4.69, 9.17) is 4.74 Å². The maximum Gasteiger partial charge on any atom is 0.319 e. The highest BCUT2D eigenvalue weighted by Gasteiger charge is 2.11. The third-order valence-corrected chi connectivity index (χ3v) is 3.30. The Morgan fingerprint density at radius 3 is 2.83 bits per heavy atom. The molecule has 6 heteroatoms. The standard InChI is InChI=1S/C17H19FN2O3/c1-11-6-7-14(18)15(8-11)20-17(22)19-10-16(21)12-4-3-5-13(9-12)23-2/h3-9,16,21H,10H2,1-2H3,(H2,19,20,22). The fraction of sp³-hybridized carbons (Fsp3) is 0.235. The van der Waals surface area contributed by atoms with Gasteiger partial charge in [-0.25, -0.2) is 9.18 Å². The summed E-state index contributed by atoms with van der Waals surface area (Å²) in [7, 11) is 1.54. The number of urea groups is 1.